The van der Waals surface area contributed by atoms with E-state index in [1.165, 1.54) is 16.9 Å². The third kappa shape index (κ3) is 7.98. The van der Waals surface area contributed by atoms with Crippen molar-refractivity contribution in [1.29, 1.82) is 0 Å². The van der Waals surface area contributed by atoms with Gasteiger partial charge in [-0.1, -0.05) is 64.1 Å². The molecule has 2 aromatic rings. The van der Waals surface area contributed by atoms with E-state index in [-0.39, 0.29) is 6.61 Å². The Hall–Kier alpha value is -2.07. The van der Waals surface area contributed by atoms with Crippen molar-refractivity contribution in [3.8, 4) is 11.1 Å². The van der Waals surface area contributed by atoms with Crippen molar-refractivity contribution in [3.05, 3.63) is 59.9 Å². The number of hydrogen-bond donors (Lipinski definition) is 1. The van der Waals surface area contributed by atoms with E-state index in [9.17, 15) is 14.0 Å². The molecule has 0 fully saturated rings. The molecule has 6 nitrogen and oxygen atoms in total. The van der Waals surface area contributed by atoms with Gasteiger partial charge < -0.3 is 14.3 Å². The topological polar surface area (TPSA) is 87.9 Å². The molecular weight excluding hydrogens is 429 g/mol. The minimum atomic E-state index is -0.714. The van der Waals surface area contributed by atoms with Gasteiger partial charge in [-0.3, -0.25) is 4.79 Å². The van der Waals surface area contributed by atoms with E-state index < -0.39 is 30.3 Å². The van der Waals surface area contributed by atoms with Gasteiger partial charge in [0.25, 0.3) is 0 Å². The molecule has 0 radical (unpaired) electrons. The molecule has 0 bridgehead atoms. The molecule has 0 heterocycles. The number of carbonyl (C=O) groups excluding carboxylic acids is 2. The minimum Gasteiger partial charge on any atom is -0.462 e. The number of benzene rings is 2. The van der Waals surface area contributed by atoms with Crippen LogP contribution in [0.15, 0.2) is 48.5 Å². The van der Waals surface area contributed by atoms with E-state index in [0.717, 1.165) is 11.3 Å². The normalized spacial score (nSPS) is 11.7. The smallest absolute Gasteiger partial charge is 0.344 e. The zero-order valence-corrected chi connectivity index (χ0v) is 18.2. The lowest BCUT2D eigenvalue weighted by molar-refractivity contribution is -0.159. The molecule has 162 valence electrons. The summed E-state index contributed by atoms with van der Waals surface area (Å²) >= 11 is 0. The first-order valence-corrected chi connectivity index (χ1v) is 11.7. The second-order valence-corrected chi connectivity index (χ2v) is 8.87. The molecule has 0 saturated heterocycles. The predicted molar refractivity (Wildman–Crippen MR) is 117 cm³/mol. The highest BCUT2D eigenvalue weighted by atomic mass is 33.1. The Balaban J connectivity index is 1.76. The van der Waals surface area contributed by atoms with Crippen LogP contribution in [0.25, 0.3) is 11.1 Å². The van der Waals surface area contributed by atoms with Crippen LogP contribution < -0.4 is 5.90 Å². The molecular formula is C21H24FNO5S2. The van der Waals surface area contributed by atoms with Crippen molar-refractivity contribution in [2.75, 3.05) is 31.3 Å². The van der Waals surface area contributed by atoms with Crippen LogP contribution >= 0.6 is 21.6 Å². The molecule has 2 N–H and O–H groups in total. The minimum absolute atomic E-state index is 0.208. The molecule has 2 aromatic carbocycles. The van der Waals surface area contributed by atoms with Gasteiger partial charge in [0, 0.05) is 17.1 Å². The number of hydrogen-bond acceptors (Lipinski definition) is 8. The maximum absolute atomic E-state index is 14.5. The summed E-state index contributed by atoms with van der Waals surface area (Å²) in [4.78, 5) is 28.3. The average Bonchev–Trinajstić information content (AvgIpc) is 2.76. The van der Waals surface area contributed by atoms with Crippen LogP contribution in [0.5, 0.6) is 0 Å². The summed E-state index contributed by atoms with van der Waals surface area (Å²) in [5.74, 6) is 3.85. The molecule has 1 atom stereocenters. The predicted octanol–water partition coefficient (Wildman–Crippen LogP) is 3.95. The highest BCUT2D eigenvalue weighted by molar-refractivity contribution is 8.76. The van der Waals surface area contributed by atoms with E-state index in [4.69, 9.17) is 15.4 Å². The molecule has 0 saturated carbocycles. The number of carbonyl (C=O) groups is 2. The highest BCUT2D eigenvalue weighted by Crippen LogP contribution is 2.26. The van der Waals surface area contributed by atoms with Gasteiger partial charge in [0.15, 0.2) is 6.61 Å². The Morgan fingerprint density at radius 3 is 2.40 bits per heavy atom. The van der Waals surface area contributed by atoms with E-state index in [0.29, 0.717) is 23.5 Å². The third-order valence-electron chi connectivity index (χ3n) is 4.06. The molecule has 0 amide bonds. The standard InChI is InChI=1S/C21H24FNO5S2/c1-15(17-7-8-18(19(22)13-17)16-5-3-2-4-6-16)21(25)27-14-20(24)26-9-11-29-30-12-10-28-23/h2-8,13,15H,9-12,14,23H2,1H3. The molecule has 2 rings (SSSR count). The van der Waals surface area contributed by atoms with Crippen molar-refractivity contribution >= 4 is 33.5 Å². The van der Waals surface area contributed by atoms with Crippen molar-refractivity contribution in [2.45, 2.75) is 12.8 Å². The molecule has 0 spiro atoms. The van der Waals surface area contributed by atoms with Gasteiger partial charge in [0.05, 0.1) is 12.5 Å². The molecule has 9 heteroatoms. The fraction of sp³-hybridized carbons (Fsp3) is 0.333. The number of esters is 2. The monoisotopic (exact) mass is 453 g/mol. The number of halogens is 1. The molecule has 0 aliphatic carbocycles. The second kappa shape index (κ2) is 13.3. The summed E-state index contributed by atoms with van der Waals surface area (Å²) in [5, 5.41) is 0. The molecule has 0 aromatic heterocycles. The third-order valence-corrected chi connectivity index (χ3v) is 6.39. The molecule has 0 aliphatic heterocycles. The summed E-state index contributed by atoms with van der Waals surface area (Å²) in [6, 6.07) is 13.8. The van der Waals surface area contributed by atoms with Crippen molar-refractivity contribution in [1.82, 2.24) is 0 Å². The van der Waals surface area contributed by atoms with Gasteiger partial charge in [-0.05, 0) is 24.1 Å². The van der Waals surface area contributed by atoms with Crippen LogP contribution in [0.4, 0.5) is 4.39 Å². The fourth-order valence-electron chi connectivity index (χ4n) is 2.47. The lowest BCUT2D eigenvalue weighted by atomic mass is 9.97. The Bertz CT molecular complexity index is 822. The molecule has 0 aliphatic rings. The van der Waals surface area contributed by atoms with Crippen LogP contribution in [0.3, 0.4) is 0 Å². The fourth-order valence-corrected chi connectivity index (χ4v) is 4.14. The Morgan fingerprint density at radius 1 is 1.03 bits per heavy atom. The van der Waals surface area contributed by atoms with Crippen molar-refractivity contribution in [2.24, 2.45) is 5.90 Å². The summed E-state index contributed by atoms with van der Waals surface area (Å²) in [7, 11) is 3.08. The van der Waals surface area contributed by atoms with E-state index in [1.54, 1.807) is 29.9 Å². The second-order valence-electron chi connectivity index (χ2n) is 6.17. The summed E-state index contributed by atoms with van der Waals surface area (Å²) in [6.45, 7) is 1.78. The number of ether oxygens (including phenoxy) is 2. The van der Waals surface area contributed by atoms with Crippen LogP contribution in [-0.4, -0.2) is 43.3 Å². The maximum atomic E-state index is 14.5. The maximum Gasteiger partial charge on any atom is 0.344 e. The van der Waals surface area contributed by atoms with Crippen LogP contribution in [0.1, 0.15) is 18.4 Å². The zero-order chi connectivity index (χ0) is 21.8. The van der Waals surface area contributed by atoms with Gasteiger partial charge >= 0.3 is 11.9 Å². The summed E-state index contributed by atoms with van der Waals surface area (Å²) < 4.78 is 24.5. The average molecular weight is 454 g/mol. The van der Waals surface area contributed by atoms with Crippen LogP contribution in [0, 0.1) is 5.82 Å². The quantitative estimate of drug-likeness (QED) is 0.224. The zero-order valence-electron chi connectivity index (χ0n) is 16.5. The first-order chi connectivity index (χ1) is 14.5. The van der Waals surface area contributed by atoms with Gasteiger partial charge in [0.2, 0.25) is 0 Å². The number of nitrogens with two attached hydrogens (primary N) is 1. The van der Waals surface area contributed by atoms with Crippen LogP contribution in [-0.2, 0) is 23.9 Å². The summed E-state index contributed by atoms with van der Waals surface area (Å²) in [6.07, 6.45) is 0. The number of rotatable bonds is 12. The van der Waals surface area contributed by atoms with Gasteiger partial charge in [-0.2, -0.15) is 0 Å². The van der Waals surface area contributed by atoms with Gasteiger partial charge in [-0.15, -0.1) is 0 Å². The summed E-state index contributed by atoms with van der Waals surface area (Å²) in [5.41, 5.74) is 1.68. The van der Waals surface area contributed by atoms with Crippen molar-refractivity contribution < 1.29 is 28.3 Å². The highest BCUT2D eigenvalue weighted by Gasteiger charge is 2.20. The Morgan fingerprint density at radius 2 is 1.73 bits per heavy atom. The lowest BCUT2D eigenvalue weighted by Crippen LogP contribution is -2.20. The van der Waals surface area contributed by atoms with Crippen molar-refractivity contribution in [3.63, 3.8) is 0 Å². The molecule has 30 heavy (non-hydrogen) atoms. The lowest BCUT2D eigenvalue weighted by Gasteiger charge is -2.13. The van der Waals surface area contributed by atoms with E-state index in [1.807, 2.05) is 30.3 Å². The van der Waals surface area contributed by atoms with Gasteiger partial charge in [-0.25, -0.2) is 15.1 Å². The Labute approximate surface area is 183 Å². The molecule has 1 unspecified atom stereocenters. The van der Waals surface area contributed by atoms with Gasteiger partial charge in [0.1, 0.15) is 12.4 Å². The largest absolute Gasteiger partial charge is 0.462 e. The van der Waals surface area contributed by atoms with E-state index >= 15 is 0 Å². The first-order valence-electron chi connectivity index (χ1n) is 9.26. The first kappa shape index (κ1) is 24.2. The SMILES string of the molecule is CC(C(=O)OCC(=O)OCCSSCCON)c1ccc(-c2ccccc2)c(F)c1. The Kier molecular flexibility index (Phi) is 10.7. The van der Waals surface area contributed by atoms with Crippen LogP contribution in [0.2, 0.25) is 0 Å². The van der Waals surface area contributed by atoms with E-state index in [2.05, 4.69) is 4.84 Å².